The summed E-state index contributed by atoms with van der Waals surface area (Å²) in [5.41, 5.74) is 4.69. The minimum atomic E-state index is -0.686. The van der Waals surface area contributed by atoms with E-state index in [2.05, 4.69) is 47.8 Å². The van der Waals surface area contributed by atoms with Crippen molar-refractivity contribution in [3.63, 3.8) is 0 Å². The summed E-state index contributed by atoms with van der Waals surface area (Å²) in [6, 6.07) is 0. The van der Waals surface area contributed by atoms with Crippen molar-refractivity contribution in [2.75, 3.05) is 0 Å². The van der Waals surface area contributed by atoms with Crippen LogP contribution >= 0.6 is 47.8 Å². The van der Waals surface area contributed by atoms with E-state index in [1.165, 1.54) is 6.42 Å². The van der Waals surface area contributed by atoms with Crippen LogP contribution in [0.25, 0.3) is 0 Å². The largest absolute Gasteiger partial charge is 0.443 e. The normalized spacial score (nSPS) is 21.0. The van der Waals surface area contributed by atoms with Gasteiger partial charge in [-0.25, -0.2) is 4.79 Å². The highest BCUT2D eigenvalue weighted by Gasteiger charge is 2.41. The summed E-state index contributed by atoms with van der Waals surface area (Å²) < 4.78 is 4.91. The SMILES string of the molecule is NC(=O)OC1(CC(Br)(Br)Br)CCCCC1. The van der Waals surface area contributed by atoms with E-state index in [1.807, 2.05) is 0 Å². The van der Waals surface area contributed by atoms with Crippen molar-refractivity contribution < 1.29 is 9.53 Å². The van der Waals surface area contributed by atoms with Crippen molar-refractivity contribution in [3.05, 3.63) is 0 Å². The molecule has 2 N–H and O–H groups in total. The zero-order chi connectivity index (χ0) is 11.5. The van der Waals surface area contributed by atoms with Crippen molar-refractivity contribution in [3.8, 4) is 0 Å². The van der Waals surface area contributed by atoms with E-state index < -0.39 is 11.7 Å². The first-order valence-electron chi connectivity index (χ1n) is 4.88. The number of primary amides is 1. The van der Waals surface area contributed by atoms with Crippen LogP contribution in [0.3, 0.4) is 0 Å². The topological polar surface area (TPSA) is 52.3 Å². The Balaban J connectivity index is 2.70. The Morgan fingerprint density at radius 3 is 2.20 bits per heavy atom. The molecule has 0 heterocycles. The monoisotopic (exact) mass is 405 g/mol. The van der Waals surface area contributed by atoms with Crippen LogP contribution in [0.2, 0.25) is 0 Å². The van der Waals surface area contributed by atoms with Crippen molar-refractivity contribution >= 4 is 53.9 Å². The van der Waals surface area contributed by atoms with Gasteiger partial charge in [0.15, 0.2) is 0 Å². The number of halogens is 3. The Labute approximate surface area is 115 Å². The molecule has 1 fully saturated rings. The predicted molar refractivity (Wildman–Crippen MR) is 70.6 cm³/mol. The van der Waals surface area contributed by atoms with E-state index in [4.69, 9.17) is 10.5 Å². The maximum Gasteiger partial charge on any atom is 0.405 e. The number of alkyl halides is 3. The number of amides is 1. The third-order valence-electron chi connectivity index (χ3n) is 2.60. The Morgan fingerprint density at radius 2 is 1.80 bits per heavy atom. The second kappa shape index (κ2) is 5.36. The summed E-state index contributed by atoms with van der Waals surface area (Å²) in [4.78, 5) is 10.9. The third-order valence-corrected chi connectivity index (χ3v) is 3.45. The van der Waals surface area contributed by atoms with Gasteiger partial charge < -0.3 is 10.5 Å². The standard InChI is InChI=1S/C9H14Br3NO2/c10-9(11,12)6-8(15-7(13)14)4-2-1-3-5-8/h1-6H2,(H2,13,14). The number of ether oxygens (including phenoxy) is 1. The fourth-order valence-electron chi connectivity index (χ4n) is 2.09. The van der Waals surface area contributed by atoms with Gasteiger partial charge in [-0.3, -0.25) is 0 Å². The number of hydrogen-bond acceptors (Lipinski definition) is 2. The Kier molecular flexibility index (Phi) is 4.92. The molecule has 1 aliphatic rings. The van der Waals surface area contributed by atoms with E-state index in [0.29, 0.717) is 6.42 Å². The molecular formula is C9H14Br3NO2. The first-order chi connectivity index (χ1) is 6.83. The summed E-state index contributed by atoms with van der Waals surface area (Å²) >= 11 is 10.3. The smallest absolute Gasteiger partial charge is 0.405 e. The number of carbonyl (C=O) groups excluding carboxylic acids is 1. The van der Waals surface area contributed by atoms with Crippen molar-refractivity contribution in [1.82, 2.24) is 0 Å². The van der Waals surface area contributed by atoms with Gasteiger partial charge in [0.1, 0.15) is 7.74 Å². The zero-order valence-corrected chi connectivity index (χ0v) is 13.0. The maximum absolute atomic E-state index is 10.9. The molecule has 1 rings (SSSR count). The van der Waals surface area contributed by atoms with Gasteiger partial charge in [0, 0.05) is 6.42 Å². The minimum absolute atomic E-state index is 0.389. The summed E-state index contributed by atoms with van der Waals surface area (Å²) in [5, 5.41) is 0. The number of carbonyl (C=O) groups is 1. The predicted octanol–water partition coefficient (Wildman–Crippen LogP) is 4.01. The van der Waals surface area contributed by atoms with Crippen LogP contribution < -0.4 is 5.73 Å². The Hall–Kier alpha value is 0.710. The molecule has 0 bridgehead atoms. The van der Waals surface area contributed by atoms with Crippen LogP contribution in [0.4, 0.5) is 4.79 Å². The van der Waals surface area contributed by atoms with E-state index in [9.17, 15) is 4.79 Å². The lowest BCUT2D eigenvalue weighted by Gasteiger charge is -2.38. The van der Waals surface area contributed by atoms with Crippen LogP contribution in [0.5, 0.6) is 0 Å². The molecule has 3 nitrogen and oxygen atoms in total. The van der Waals surface area contributed by atoms with Gasteiger partial charge in [-0.2, -0.15) is 0 Å². The van der Waals surface area contributed by atoms with Gasteiger partial charge in [0.2, 0.25) is 0 Å². The molecule has 0 atom stereocenters. The van der Waals surface area contributed by atoms with Gasteiger partial charge in [-0.05, 0) is 25.7 Å². The fourth-order valence-corrected chi connectivity index (χ4v) is 3.62. The van der Waals surface area contributed by atoms with Crippen molar-refractivity contribution in [2.45, 2.75) is 46.3 Å². The molecular weight excluding hydrogens is 394 g/mol. The minimum Gasteiger partial charge on any atom is -0.443 e. The van der Waals surface area contributed by atoms with Gasteiger partial charge in [0.05, 0.1) is 0 Å². The van der Waals surface area contributed by atoms with Crippen molar-refractivity contribution in [1.29, 1.82) is 0 Å². The van der Waals surface area contributed by atoms with Gasteiger partial charge in [0.25, 0.3) is 0 Å². The molecule has 0 unspecified atom stereocenters. The molecule has 0 aromatic carbocycles. The molecule has 1 saturated carbocycles. The fraction of sp³-hybridized carbons (Fsp3) is 0.889. The molecule has 1 aliphatic carbocycles. The summed E-state index contributed by atoms with van der Waals surface area (Å²) in [7, 11) is 0. The van der Waals surface area contributed by atoms with Crippen molar-refractivity contribution in [2.24, 2.45) is 5.73 Å². The highest BCUT2D eigenvalue weighted by Crippen LogP contribution is 2.46. The molecule has 15 heavy (non-hydrogen) atoms. The molecule has 0 aromatic heterocycles. The quantitative estimate of drug-likeness (QED) is 0.703. The number of hydrogen-bond donors (Lipinski definition) is 1. The Bertz CT molecular complexity index is 234. The zero-order valence-electron chi connectivity index (χ0n) is 8.27. The summed E-state index contributed by atoms with van der Waals surface area (Å²) in [6.45, 7) is 0. The lowest BCUT2D eigenvalue weighted by atomic mass is 9.83. The molecule has 0 spiro atoms. The molecule has 0 aliphatic heterocycles. The number of rotatable bonds is 2. The second-order valence-electron chi connectivity index (χ2n) is 3.96. The van der Waals surface area contributed by atoms with E-state index >= 15 is 0 Å². The maximum atomic E-state index is 10.9. The molecule has 88 valence electrons. The molecule has 0 saturated heterocycles. The van der Waals surface area contributed by atoms with Crippen LogP contribution in [-0.2, 0) is 4.74 Å². The molecule has 6 heteroatoms. The Morgan fingerprint density at radius 1 is 1.27 bits per heavy atom. The van der Waals surface area contributed by atoms with Crippen LogP contribution in [0.15, 0.2) is 0 Å². The van der Waals surface area contributed by atoms with E-state index in [-0.39, 0.29) is 2.14 Å². The summed E-state index contributed by atoms with van der Waals surface area (Å²) in [6.07, 6.45) is 5.08. The summed E-state index contributed by atoms with van der Waals surface area (Å²) in [5.74, 6) is 0. The number of nitrogens with two attached hydrogens (primary N) is 1. The molecule has 1 amide bonds. The molecule has 0 radical (unpaired) electrons. The average Bonchev–Trinajstić information content (AvgIpc) is 1.99. The van der Waals surface area contributed by atoms with Gasteiger partial charge >= 0.3 is 6.09 Å². The lowest BCUT2D eigenvalue weighted by Crippen LogP contribution is -2.41. The average molecular weight is 408 g/mol. The third kappa shape index (κ3) is 5.04. The van der Waals surface area contributed by atoms with Crippen LogP contribution in [-0.4, -0.2) is 13.8 Å². The first-order valence-corrected chi connectivity index (χ1v) is 7.26. The van der Waals surface area contributed by atoms with Gasteiger partial charge in [-0.15, -0.1) is 0 Å². The first kappa shape index (κ1) is 13.8. The van der Waals surface area contributed by atoms with E-state index in [0.717, 1.165) is 25.7 Å². The highest BCUT2D eigenvalue weighted by atomic mass is 80.0. The lowest BCUT2D eigenvalue weighted by molar-refractivity contribution is -0.0157. The van der Waals surface area contributed by atoms with E-state index in [1.54, 1.807) is 0 Å². The molecule has 0 aromatic rings. The van der Waals surface area contributed by atoms with Gasteiger partial charge in [-0.1, -0.05) is 54.2 Å². The van der Waals surface area contributed by atoms with Crippen LogP contribution in [0, 0.1) is 0 Å². The highest BCUT2D eigenvalue weighted by molar-refractivity contribution is 9.39. The van der Waals surface area contributed by atoms with Crippen LogP contribution in [0.1, 0.15) is 38.5 Å². The second-order valence-corrected chi connectivity index (χ2v) is 11.2.